The zero-order valence-electron chi connectivity index (χ0n) is 13.0. The third-order valence-electron chi connectivity index (χ3n) is 3.14. The van der Waals surface area contributed by atoms with Crippen molar-refractivity contribution in [3.8, 4) is 17.6 Å². The fraction of sp³-hybridized carbons (Fsp3) is 0.250. The number of nitrogens with zero attached hydrogens (tertiary/aromatic N) is 3. The fourth-order valence-corrected chi connectivity index (χ4v) is 2.03. The molecular formula is C16H15N3O5. The van der Waals surface area contributed by atoms with Crippen LogP contribution in [-0.2, 0) is 6.54 Å². The molecule has 0 N–H and O–H groups in total. The largest absolute Gasteiger partial charge is 0.494 e. The van der Waals surface area contributed by atoms with Crippen molar-refractivity contribution in [2.75, 3.05) is 13.2 Å². The van der Waals surface area contributed by atoms with Crippen molar-refractivity contribution < 1.29 is 14.4 Å². The second-order valence-corrected chi connectivity index (χ2v) is 4.73. The zero-order chi connectivity index (χ0) is 17.5. The Morgan fingerprint density at radius 2 is 1.88 bits per heavy atom. The lowest BCUT2D eigenvalue weighted by Crippen LogP contribution is -2.25. The fourth-order valence-electron chi connectivity index (χ4n) is 2.03. The lowest BCUT2D eigenvalue weighted by Gasteiger charge is -2.09. The molecule has 0 aliphatic rings. The van der Waals surface area contributed by atoms with Gasteiger partial charge in [0.25, 0.3) is 11.2 Å². The molecule has 2 rings (SSSR count). The maximum absolute atomic E-state index is 12.0. The van der Waals surface area contributed by atoms with Crippen LogP contribution in [0.15, 0.2) is 41.3 Å². The Morgan fingerprint density at radius 3 is 2.42 bits per heavy atom. The molecule has 0 spiro atoms. The molecule has 1 aromatic carbocycles. The van der Waals surface area contributed by atoms with Gasteiger partial charge in [-0.1, -0.05) is 0 Å². The Balaban J connectivity index is 2.06. The van der Waals surface area contributed by atoms with Crippen LogP contribution in [0.3, 0.4) is 0 Å². The molecule has 0 aliphatic carbocycles. The van der Waals surface area contributed by atoms with E-state index in [1.165, 1.54) is 0 Å². The highest BCUT2D eigenvalue weighted by molar-refractivity contribution is 5.37. The Bertz CT molecular complexity index is 821. The zero-order valence-corrected chi connectivity index (χ0v) is 13.0. The topological polar surface area (TPSA) is 107 Å². The van der Waals surface area contributed by atoms with Crippen molar-refractivity contribution in [1.29, 1.82) is 5.26 Å². The van der Waals surface area contributed by atoms with Crippen molar-refractivity contribution >= 4 is 5.69 Å². The van der Waals surface area contributed by atoms with Crippen molar-refractivity contribution in [1.82, 2.24) is 4.57 Å². The molecule has 0 saturated heterocycles. The first-order chi connectivity index (χ1) is 11.5. The average molecular weight is 329 g/mol. The molecule has 24 heavy (non-hydrogen) atoms. The number of ether oxygens (including phenoxy) is 2. The predicted molar refractivity (Wildman–Crippen MR) is 85.2 cm³/mol. The van der Waals surface area contributed by atoms with Crippen LogP contribution >= 0.6 is 0 Å². The van der Waals surface area contributed by atoms with Gasteiger partial charge in [0.05, 0.1) is 24.3 Å². The molecule has 8 nitrogen and oxygen atoms in total. The van der Waals surface area contributed by atoms with Crippen LogP contribution in [0.25, 0.3) is 0 Å². The van der Waals surface area contributed by atoms with Crippen molar-refractivity contribution in [3.05, 3.63) is 62.6 Å². The predicted octanol–water partition coefficient (Wildman–Crippen LogP) is 2.11. The summed E-state index contributed by atoms with van der Waals surface area (Å²) in [6.07, 6.45) is 1.10. The SMILES string of the molecule is CCOc1ccc(OCCn2cc([N+](=O)[O-])cc(C#N)c2=O)cc1. The van der Waals surface area contributed by atoms with Gasteiger partial charge in [-0.2, -0.15) is 5.26 Å². The number of hydrogen-bond acceptors (Lipinski definition) is 6. The Morgan fingerprint density at radius 1 is 1.25 bits per heavy atom. The summed E-state index contributed by atoms with van der Waals surface area (Å²) in [5.74, 6) is 1.30. The minimum absolute atomic E-state index is 0.0857. The van der Waals surface area contributed by atoms with Gasteiger partial charge in [-0.05, 0) is 31.2 Å². The van der Waals surface area contributed by atoms with Crippen LogP contribution in [0.2, 0.25) is 0 Å². The maximum Gasteiger partial charge on any atom is 0.287 e. The van der Waals surface area contributed by atoms with E-state index >= 15 is 0 Å². The third kappa shape index (κ3) is 4.10. The molecule has 0 aliphatic heterocycles. The summed E-state index contributed by atoms with van der Waals surface area (Å²) in [7, 11) is 0. The van der Waals surface area contributed by atoms with Gasteiger partial charge < -0.3 is 14.0 Å². The van der Waals surface area contributed by atoms with Crippen LogP contribution in [-0.4, -0.2) is 22.7 Å². The first-order valence-corrected chi connectivity index (χ1v) is 7.19. The Hall–Kier alpha value is -3.34. The van der Waals surface area contributed by atoms with E-state index in [1.807, 2.05) is 6.92 Å². The highest BCUT2D eigenvalue weighted by Gasteiger charge is 2.13. The quantitative estimate of drug-likeness (QED) is 0.568. The number of nitriles is 1. The van der Waals surface area contributed by atoms with Gasteiger partial charge in [-0.3, -0.25) is 14.9 Å². The molecule has 1 aromatic heterocycles. The molecule has 0 unspecified atom stereocenters. The average Bonchev–Trinajstić information content (AvgIpc) is 2.58. The van der Waals surface area contributed by atoms with Gasteiger partial charge in [-0.25, -0.2) is 0 Å². The second-order valence-electron chi connectivity index (χ2n) is 4.73. The molecule has 8 heteroatoms. The van der Waals surface area contributed by atoms with E-state index in [9.17, 15) is 14.9 Å². The summed E-state index contributed by atoms with van der Waals surface area (Å²) in [5.41, 5.74) is -1.17. The molecule has 0 fully saturated rings. The monoisotopic (exact) mass is 329 g/mol. The highest BCUT2D eigenvalue weighted by Crippen LogP contribution is 2.17. The maximum atomic E-state index is 12.0. The standard InChI is InChI=1S/C16H15N3O5/c1-2-23-14-3-5-15(6-4-14)24-8-7-18-11-13(19(21)22)9-12(10-17)16(18)20/h3-6,9,11H,2,7-8H2,1H3. The van der Waals surface area contributed by atoms with Crippen LogP contribution < -0.4 is 15.0 Å². The van der Waals surface area contributed by atoms with Crippen LogP contribution in [0, 0.1) is 21.4 Å². The van der Waals surface area contributed by atoms with E-state index in [4.69, 9.17) is 14.7 Å². The number of pyridine rings is 1. The van der Waals surface area contributed by atoms with E-state index in [-0.39, 0.29) is 24.4 Å². The smallest absolute Gasteiger partial charge is 0.287 e. The van der Waals surface area contributed by atoms with E-state index in [0.717, 1.165) is 22.6 Å². The molecule has 0 atom stereocenters. The molecular weight excluding hydrogens is 314 g/mol. The number of rotatable bonds is 7. The van der Waals surface area contributed by atoms with Gasteiger partial charge in [0, 0.05) is 6.07 Å². The van der Waals surface area contributed by atoms with Gasteiger partial charge in [0.15, 0.2) is 0 Å². The van der Waals surface area contributed by atoms with E-state index in [2.05, 4.69) is 0 Å². The normalized spacial score (nSPS) is 10.0. The van der Waals surface area contributed by atoms with Crippen LogP contribution in [0.4, 0.5) is 5.69 Å². The van der Waals surface area contributed by atoms with E-state index < -0.39 is 10.5 Å². The van der Waals surface area contributed by atoms with Gasteiger partial charge in [-0.15, -0.1) is 0 Å². The number of benzene rings is 1. The van der Waals surface area contributed by atoms with Crippen molar-refractivity contribution in [2.24, 2.45) is 0 Å². The summed E-state index contributed by atoms with van der Waals surface area (Å²) in [5, 5.41) is 19.7. The summed E-state index contributed by atoms with van der Waals surface area (Å²) in [6.45, 7) is 2.66. The van der Waals surface area contributed by atoms with E-state index in [1.54, 1.807) is 30.3 Å². The van der Waals surface area contributed by atoms with Crippen molar-refractivity contribution in [2.45, 2.75) is 13.5 Å². The Kier molecular flexibility index (Phi) is 5.52. The van der Waals surface area contributed by atoms with Crippen LogP contribution in [0.5, 0.6) is 11.5 Å². The van der Waals surface area contributed by atoms with Crippen molar-refractivity contribution in [3.63, 3.8) is 0 Å². The molecule has 1 heterocycles. The minimum atomic E-state index is -0.649. The summed E-state index contributed by atoms with van der Waals surface area (Å²) >= 11 is 0. The number of aromatic nitrogens is 1. The van der Waals surface area contributed by atoms with Gasteiger partial charge in [0.2, 0.25) is 0 Å². The number of hydrogen-bond donors (Lipinski definition) is 0. The first kappa shape index (κ1) is 17.0. The molecule has 124 valence electrons. The molecule has 0 bridgehead atoms. The summed E-state index contributed by atoms with van der Waals surface area (Å²) < 4.78 is 11.9. The van der Waals surface area contributed by atoms with Gasteiger partial charge >= 0.3 is 0 Å². The molecule has 0 saturated carbocycles. The summed E-state index contributed by atoms with van der Waals surface area (Å²) in [6, 6.07) is 9.59. The molecule has 0 amide bonds. The lowest BCUT2D eigenvalue weighted by atomic mass is 10.2. The second kappa shape index (κ2) is 7.78. The number of nitro groups is 1. The third-order valence-corrected chi connectivity index (χ3v) is 3.14. The summed E-state index contributed by atoms with van der Waals surface area (Å²) in [4.78, 5) is 22.2. The molecule has 0 radical (unpaired) electrons. The van der Waals surface area contributed by atoms with Crippen LogP contribution in [0.1, 0.15) is 12.5 Å². The van der Waals surface area contributed by atoms with E-state index in [0.29, 0.717) is 12.4 Å². The van der Waals surface area contributed by atoms with Gasteiger partial charge in [0.1, 0.15) is 29.7 Å². The lowest BCUT2D eigenvalue weighted by molar-refractivity contribution is -0.385. The minimum Gasteiger partial charge on any atom is -0.494 e. The Labute approximate surface area is 137 Å². The highest BCUT2D eigenvalue weighted by atomic mass is 16.6. The first-order valence-electron chi connectivity index (χ1n) is 7.19. The molecule has 2 aromatic rings.